The maximum atomic E-state index is 15.3. The van der Waals surface area contributed by atoms with Crippen LogP contribution in [0.3, 0.4) is 0 Å². The lowest BCUT2D eigenvalue weighted by molar-refractivity contribution is -0.165. The molecule has 1 saturated heterocycles. The van der Waals surface area contributed by atoms with E-state index in [1.807, 2.05) is 0 Å². The highest BCUT2D eigenvalue weighted by molar-refractivity contribution is 6.38. The number of carbonyl (C=O) groups excluding carboxylic acids is 9. The zero-order valence-corrected chi connectivity index (χ0v) is 48.3. The second-order valence-corrected chi connectivity index (χ2v) is 20.7. The summed E-state index contributed by atoms with van der Waals surface area (Å²) in [6.07, 6.45) is 1.15. The molecule has 0 radical (unpaired) electrons. The summed E-state index contributed by atoms with van der Waals surface area (Å²) in [5.41, 5.74) is 0.632. The van der Waals surface area contributed by atoms with E-state index in [2.05, 4.69) is 17.2 Å². The van der Waals surface area contributed by atoms with Crippen molar-refractivity contribution >= 4 is 53.2 Å². The number of phenolic OH excluding ortho intramolecular Hbond substituents is 1. The number of methoxy groups -OCH3 is 2. The molecule has 0 spiro atoms. The van der Waals surface area contributed by atoms with Crippen molar-refractivity contribution in [3.63, 3.8) is 0 Å². The predicted molar refractivity (Wildman–Crippen MR) is 302 cm³/mol. The van der Waals surface area contributed by atoms with Crippen LogP contribution in [-0.2, 0) is 71.9 Å². The van der Waals surface area contributed by atoms with Gasteiger partial charge >= 0.3 is 11.9 Å². The number of likely N-dealkylation sites (tertiary alicyclic amines) is 1. The number of carbonyl (C=O) groups is 9. The van der Waals surface area contributed by atoms with Crippen LogP contribution in [0.15, 0.2) is 104 Å². The minimum Gasteiger partial charge on any atom is -0.508 e. The Kier molecular flexibility index (Phi) is 24.2. The molecular formula is C61H75FN6O15. The van der Waals surface area contributed by atoms with Crippen LogP contribution in [0.25, 0.3) is 0 Å². The van der Waals surface area contributed by atoms with Gasteiger partial charge in [0.05, 0.1) is 32.7 Å². The lowest BCUT2D eigenvalue weighted by atomic mass is 9.87. The Balaban J connectivity index is 1.39. The summed E-state index contributed by atoms with van der Waals surface area (Å²) in [4.78, 5) is 127. The summed E-state index contributed by atoms with van der Waals surface area (Å²) in [5.74, 6) is -6.94. The van der Waals surface area contributed by atoms with Gasteiger partial charge in [-0.05, 0) is 112 Å². The summed E-state index contributed by atoms with van der Waals surface area (Å²) in [5, 5.41) is 15.4. The van der Waals surface area contributed by atoms with Gasteiger partial charge in [-0.2, -0.15) is 0 Å². The van der Waals surface area contributed by atoms with Crippen LogP contribution in [-0.4, -0.2) is 171 Å². The molecule has 446 valence electrons. The molecule has 4 aromatic rings. The normalized spacial score (nSPS) is 14.1. The van der Waals surface area contributed by atoms with Gasteiger partial charge in [-0.25, -0.2) is 14.0 Å². The maximum absolute atomic E-state index is 15.3. The summed E-state index contributed by atoms with van der Waals surface area (Å²) in [6, 6.07) is 20.4. The van der Waals surface area contributed by atoms with Crippen LogP contribution in [0.4, 0.5) is 4.39 Å². The first-order valence-electron chi connectivity index (χ1n) is 27.1. The number of hydrogen-bond acceptors (Lipinski definition) is 15. The van der Waals surface area contributed by atoms with E-state index in [-0.39, 0.29) is 74.1 Å². The number of nitrogens with zero attached hydrogens (tertiary/aromatic N) is 4. The molecule has 1 heterocycles. The van der Waals surface area contributed by atoms with Crippen molar-refractivity contribution in [1.29, 1.82) is 0 Å². The fraction of sp³-hybridized carbons (Fsp3) is 0.426. The Labute approximate surface area is 483 Å². The van der Waals surface area contributed by atoms with Crippen LogP contribution >= 0.6 is 0 Å². The van der Waals surface area contributed by atoms with Gasteiger partial charge in [0, 0.05) is 53.2 Å². The smallest absolute Gasteiger partial charge is 0.330 e. The lowest BCUT2D eigenvalue weighted by Crippen LogP contribution is -2.56. The SMILES string of the molecule is C=CC(=O)OCC(C)(C)C(=O)C(=O)N1CCCC[C@H]1C(=O)O[C@H](CCc1cc(F)c(OC)c(OC)c1)c1cccc(OCC(=O)N(C)[C@@H](Cc2ccc(O)cc2)C(=O)N[C@H](Cc2ccccc2)C(=O)N(C)CC(=O)NCC(=O)N(C)CC)c1. The van der Waals surface area contributed by atoms with Gasteiger partial charge in [-0.3, -0.25) is 33.6 Å². The van der Waals surface area contributed by atoms with E-state index in [1.165, 1.54) is 75.1 Å². The molecule has 4 aromatic carbocycles. The summed E-state index contributed by atoms with van der Waals surface area (Å²) in [6.45, 7) is 6.79. The maximum Gasteiger partial charge on any atom is 0.330 e. The lowest BCUT2D eigenvalue weighted by Gasteiger charge is -2.36. The highest BCUT2D eigenvalue weighted by Crippen LogP contribution is 2.34. The summed E-state index contributed by atoms with van der Waals surface area (Å²) >= 11 is 0. The molecule has 4 atom stereocenters. The van der Waals surface area contributed by atoms with Gasteiger partial charge < -0.3 is 59.0 Å². The Morgan fingerprint density at radius 3 is 2.20 bits per heavy atom. The number of ether oxygens (including phenoxy) is 5. The van der Waals surface area contributed by atoms with E-state index in [0.29, 0.717) is 41.6 Å². The minimum atomic E-state index is -1.45. The minimum absolute atomic E-state index is 0.00727. The molecule has 0 saturated carbocycles. The number of ketones is 1. The Morgan fingerprint density at radius 2 is 1.54 bits per heavy atom. The quantitative estimate of drug-likeness (QED) is 0.0378. The Morgan fingerprint density at radius 1 is 0.843 bits per heavy atom. The summed E-state index contributed by atoms with van der Waals surface area (Å²) < 4.78 is 43.2. The van der Waals surface area contributed by atoms with Gasteiger partial charge in [-0.1, -0.05) is 61.2 Å². The summed E-state index contributed by atoms with van der Waals surface area (Å²) in [7, 11) is 7.04. The third kappa shape index (κ3) is 18.6. The van der Waals surface area contributed by atoms with E-state index < -0.39 is 102 Å². The van der Waals surface area contributed by atoms with E-state index in [0.717, 1.165) is 11.0 Å². The van der Waals surface area contributed by atoms with E-state index in [4.69, 9.17) is 23.7 Å². The average Bonchev–Trinajstić information content (AvgIpc) is 3.69. The van der Waals surface area contributed by atoms with Crippen molar-refractivity contribution < 1.29 is 76.3 Å². The van der Waals surface area contributed by atoms with Crippen molar-refractivity contribution in [2.75, 3.05) is 74.8 Å². The van der Waals surface area contributed by atoms with Crippen molar-refractivity contribution in [1.82, 2.24) is 30.2 Å². The monoisotopic (exact) mass is 1150 g/mol. The van der Waals surface area contributed by atoms with E-state index >= 15 is 4.39 Å². The molecule has 6 amide bonds. The van der Waals surface area contributed by atoms with Crippen LogP contribution in [0, 0.1) is 11.2 Å². The van der Waals surface area contributed by atoms with Crippen molar-refractivity contribution in [2.45, 2.75) is 89.9 Å². The number of aryl methyl sites for hydroxylation is 1. The van der Waals surface area contributed by atoms with Crippen LogP contribution < -0.4 is 24.8 Å². The molecule has 0 aliphatic carbocycles. The molecule has 1 fully saturated rings. The van der Waals surface area contributed by atoms with Gasteiger partial charge in [-0.15, -0.1) is 0 Å². The standard InChI is InChI=1S/C61H75FN6O15/c1-10-54(73)82-38-61(3,4)56(74)59(77)68-29-16-15-22-47(68)60(78)83-49(28-25-41-30-45(62)55(80-9)50(33-41)79-8)42-20-17-21-44(34-42)81-37-53(72)67(7)48(32-40-23-26-43(69)27-24-40)57(75)64-46(31-39-18-13-12-14-19-39)58(76)66(6)36-51(70)63-35-52(71)65(5)11-2/h10,12-14,17-21,23-24,26-27,30,33-34,46-49,69H,1,11,15-16,22,25,28-29,31-32,35-38H2,2-9H3,(H,63,70)(H,64,75)/t46-,47+,48+,49-/m1/s1. The molecule has 22 heteroatoms. The number of piperidine rings is 1. The molecule has 0 bridgehead atoms. The molecule has 0 aromatic heterocycles. The van der Waals surface area contributed by atoms with Gasteiger partial charge in [0.1, 0.15) is 42.3 Å². The van der Waals surface area contributed by atoms with Crippen LogP contribution in [0.2, 0.25) is 0 Å². The number of halogens is 1. The number of aromatic hydroxyl groups is 1. The zero-order valence-electron chi connectivity index (χ0n) is 48.3. The first kappa shape index (κ1) is 65.0. The van der Waals surface area contributed by atoms with Gasteiger partial charge in [0.15, 0.2) is 23.9 Å². The molecule has 83 heavy (non-hydrogen) atoms. The predicted octanol–water partition coefficient (Wildman–Crippen LogP) is 4.70. The number of benzene rings is 4. The third-order valence-electron chi connectivity index (χ3n) is 14.1. The molecule has 5 rings (SSSR count). The molecular weight excluding hydrogens is 1080 g/mol. The first-order valence-corrected chi connectivity index (χ1v) is 27.1. The fourth-order valence-electron chi connectivity index (χ4n) is 9.05. The number of rotatable bonds is 29. The third-order valence-corrected chi connectivity index (χ3v) is 14.1. The highest BCUT2D eigenvalue weighted by atomic mass is 19.1. The van der Waals surface area contributed by atoms with Crippen molar-refractivity contribution in [2.24, 2.45) is 5.41 Å². The van der Waals surface area contributed by atoms with Crippen molar-refractivity contribution in [3.05, 3.63) is 132 Å². The Hall–Kier alpha value is -8.82. The number of likely N-dealkylation sites (N-methyl/N-ethyl adjacent to an activating group) is 3. The number of phenols is 1. The topological polar surface area (TPSA) is 257 Å². The zero-order chi connectivity index (χ0) is 61.0. The average molecular weight is 1150 g/mol. The van der Waals surface area contributed by atoms with E-state index in [9.17, 15) is 48.3 Å². The number of esters is 2. The van der Waals surface area contributed by atoms with Crippen LogP contribution in [0.5, 0.6) is 23.0 Å². The Bertz CT molecular complexity index is 2960. The molecule has 1 aliphatic rings. The van der Waals surface area contributed by atoms with Crippen molar-refractivity contribution in [3.8, 4) is 23.0 Å². The fourth-order valence-corrected chi connectivity index (χ4v) is 9.05. The number of Topliss-reactive ketones (excluding diaryl/α,β-unsaturated/α-hetero) is 1. The highest BCUT2D eigenvalue weighted by Gasteiger charge is 2.43. The largest absolute Gasteiger partial charge is 0.508 e. The molecule has 21 nitrogen and oxygen atoms in total. The van der Waals surface area contributed by atoms with Gasteiger partial charge in [0.2, 0.25) is 29.4 Å². The van der Waals surface area contributed by atoms with Gasteiger partial charge in [0.25, 0.3) is 11.8 Å². The number of hydrogen-bond donors (Lipinski definition) is 3. The molecule has 3 N–H and O–H groups in total. The van der Waals surface area contributed by atoms with Crippen LogP contribution in [0.1, 0.15) is 74.8 Å². The number of nitrogens with one attached hydrogen (secondary N) is 2. The molecule has 1 aliphatic heterocycles. The second kappa shape index (κ2) is 30.8. The number of amides is 6. The van der Waals surface area contributed by atoms with E-state index in [1.54, 1.807) is 86.8 Å². The molecule has 0 unspecified atom stereocenters. The first-order chi connectivity index (χ1) is 39.5. The second-order valence-electron chi connectivity index (χ2n) is 20.7.